The zero-order valence-electron chi connectivity index (χ0n) is 15.5. The van der Waals surface area contributed by atoms with Gasteiger partial charge in [-0.15, -0.1) is 0 Å². The van der Waals surface area contributed by atoms with Crippen LogP contribution in [0.4, 0.5) is 13.2 Å². The Kier molecular flexibility index (Phi) is 5.65. The molecule has 0 bridgehead atoms. The quantitative estimate of drug-likeness (QED) is 0.732. The molecular formula is C17H25F3N2O2Si. The molecule has 0 radical (unpaired) electrons. The number of hydrogen-bond donors (Lipinski definition) is 0. The third-order valence-electron chi connectivity index (χ3n) is 3.88. The average molecular weight is 374 g/mol. The molecular weight excluding hydrogens is 349 g/mol. The highest BCUT2D eigenvalue weighted by molar-refractivity contribution is 6.48. The molecule has 4 nitrogen and oxygen atoms in total. The number of aromatic nitrogens is 2. The van der Waals surface area contributed by atoms with E-state index in [2.05, 4.69) is 5.10 Å². The summed E-state index contributed by atoms with van der Waals surface area (Å²) in [5.74, 6) is 0. The van der Waals surface area contributed by atoms with Crippen molar-refractivity contribution in [1.29, 1.82) is 0 Å². The minimum Gasteiger partial charge on any atom is -0.416 e. The van der Waals surface area contributed by atoms with Gasteiger partial charge >= 0.3 is 6.18 Å². The summed E-state index contributed by atoms with van der Waals surface area (Å²) in [6, 6.07) is 3.63. The summed E-state index contributed by atoms with van der Waals surface area (Å²) in [5.41, 5.74) is 0.750. The van der Waals surface area contributed by atoms with Crippen LogP contribution in [0.3, 0.4) is 0 Å². The molecule has 0 aliphatic carbocycles. The number of fused-ring (bicyclic) bond motifs is 1. The first kappa shape index (κ1) is 19.9. The average Bonchev–Trinajstić information content (AvgIpc) is 2.84. The number of hydrogen-bond acceptors (Lipinski definition) is 3. The maximum Gasteiger partial charge on any atom is 0.435 e. The number of pyridine rings is 1. The van der Waals surface area contributed by atoms with Gasteiger partial charge in [-0.2, -0.15) is 18.3 Å². The van der Waals surface area contributed by atoms with Gasteiger partial charge in [0.2, 0.25) is 0 Å². The fraction of sp³-hybridized carbons (Fsp3) is 0.588. The number of nitrogens with zero attached hydrogens (tertiary/aromatic N) is 2. The van der Waals surface area contributed by atoms with E-state index in [-0.39, 0.29) is 24.2 Å². The Morgan fingerprint density at radius 1 is 1.12 bits per heavy atom. The third kappa shape index (κ3) is 4.24. The van der Waals surface area contributed by atoms with Crippen LogP contribution in [-0.2, 0) is 34.0 Å². The summed E-state index contributed by atoms with van der Waals surface area (Å²) in [6.07, 6.45) is -4.54. The van der Waals surface area contributed by atoms with Crippen molar-refractivity contribution >= 4 is 14.6 Å². The summed E-state index contributed by atoms with van der Waals surface area (Å²) in [7, 11) is 0.0233. The Morgan fingerprint density at radius 3 is 2.24 bits per heavy atom. The number of rotatable bonds is 5. The minimum absolute atomic E-state index is 0.0816. The summed E-state index contributed by atoms with van der Waals surface area (Å²) >= 11 is 0. The molecule has 0 unspecified atom stereocenters. The van der Waals surface area contributed by atoms with Gasteiger partial charge in [-0.3, -0.25) is 0 Å². The molecule has 0 aliphatic heterocycles. The van der Waals surface area contributed by atoms with Crippen molar-refractivity contribution in [1.82, 2.24) is 9.61 Å². The van der Waals surface area contributed by atoms with Gasteiger partial charge in [0.05, 0.1) is 24.4 Å². The summed E-state index contributed by atoms with van der Waals surface area (Å²) in [6.45, 7) is 9.88. The van der Waals surface area contributed by atoms with Gasteiger partial charge in [-0.05, 0) is 30.1 Å². The van der Waals surface area contributed by atoms with E-state index in [1.54, 1.807) is 6.07 Å². The van der Waals surface area contributed by atoms with Crippen molar-refractivity contribution in [2.45, 2.75) is 58.7 Å². The second-order valence-electron chi connectivity index (χ2n) is 7.37. The van der Waals surface area contributed by atoms with E-state index >= 15 is 0 Å². The van der Waals surface area contributed by atoms with E-state index in [0.29, 0.717) is 11.2 Å². The second kappa shape index (κ2) is 7.09. The molecule has 25 heavy (non-hydrogen) atoms. The lowest BCUT2D eigenvalue weighted by molar-refractivity contribution is -0.142. The standard InChI is InChI=1S/C17H25F3N2O2Si/c1-16(2,3)13-8-7-11(9-23-4)22-14(13)12(10-24-25(5)6)15(21-22)17(18,19)20/h7-8,25H,9-10H2,1-6H3. The van der Waals surface area contributed by atoms with Gasteiger partial charge in [-0.25, -0.2) is 4.52 Å². The molecule has 0 spiro atoms. The lowest BCUT2D eigenvalue weighted by Gasteiger charge is -2.22. The van der Waals surface area contributed by atoms with E-state index in [1.807, 2.05) is 39.9 Å². The molecule has 2 rings (SSSR count). The molecule has 0 aliphatic rings. The predicted octanol–water partition coefficient (Wildman–Crippen LogP) is 4.30. The molecule has 0 aromatic carbocycles. The van der Waals surface area contributed by atoms with Crippen LogP contribution in [-0.4, -0.2) is 25.8 Å². The number of alkyl halides is 3. The highest BCUT2D eigenvalue weighted by Gasteiger charge is 2.39. The molecule has 0 fully saturated rings. The highest BCUT2D eigenvalue weighted by Crippen LogP contribution is 2.37. The van der Waals surface area contributed by atoms with Crippen LogP contribution in [0.25, 0.3) is 5.52 Å². The molecule has 140 valence electrons. The van der Waals surface area contributed by atoms with Gasteiger partial charge in [0.25, 0.3) is 0 Å². The summed E-state index contributed by atoms with van der Waals surface area (Å²) < 4.78 is 53.0. The molecule has 2 aromatic rings. The molecule has 0 N–H and O–H groups in total. The van der Waals surface area contributed by atoms with Gasteiger partial charge < -0.3 is 9.16 Å². The second-order valence-corrected chi connectivity index (χ2v) is 9.80. The molecule has 2 heterocycles. The first-order chi connectivity index (χ1) is 11.5. The van der Waals surface area contributed by atoms with Crippen molar-refractivity contribution < 1.29 is 22.3 Å². The Balaban J connectivity index is 2.84. The van der Waals surface area contributed by atoms with Crippen LogP contribution < -0.4 is 0 Å². The first-order valence-electron chi connectivity index (χ1n) is 8.18. The Morgan fingerprint density at radius 2 is 1.76 bits per heavy atom. The first-order valence-corrected chi connectivity index (χ1v) is 11.0. The molecule has 0 saturated heterocycles. The maximum atomic E-state index is 13.6. The fourth-order valence-electron chi connectivity index (χ4n) is 2.74. The van der Waals surface area contributed by atoms with Crippen LogP contribution in [0, 0.1) is 0 Å². The van der Waals surface area contributed by atoms with Crippen LogP contribution >= 0.6 is 0 Å². The van der Waals surface area contributed by atoms with Crippen LogP contribution in [0.2, 0.25) is 13.1 Å². The van der Waals surface area contributed by atoms with Crippen LogP contribution in [0.5, 0.6) is 0 Å². The topological polar surface area (TPSA) is 35.8 Å². The van der Waals surface area contributed by atoms with Crippen LogP contribution in [0.15, 0.2) is 12.1 Å². The van der Waals surface area contributed by atoms with E-state index in [0.717, 1.165) is 5.56 Å². The molecule has 8 heteroatoms. The maximum absolute atomic E-state index is 13.6. The largest absolute Gasteiger partial charge is 0.435 e. The Bertz CT molecular complexity index is 749. The zero-order valence-corrected chi connectivity index (χ0v) is 16.6. The van der Waals surface area contributed by atoms with Crippen molar-refractivity contribution in [3.05, 3.63) is 34.6 Å². The Labute approximate surface area is 147 Å². The van der Waals surface area contributed by atoms with E-state index in [1.165, 1.54) is 11.6 Å². The van der Waals surface area contributed by atoms with Gasteiger partial charge in [0.1, 0.15) is 0 Å². The SMILES string of the molecule is COCc1ccc(C(C)(C)C)c2c(CO[SiH](C)C)c(C(F)(F)F)nn12. The van der Waals surface area contributed by atoms with Gasteiger partial charge in [0.15, 0.2) is 14.7 Å². The van der Waals surface area contributed by atoms with Gasteiger partial charge in [0, 0.05) is 12.7 Å². The Hall–Kier alpha value is -1.38. The molecule has 2 aromatic heterocycles. The fourth-order valence-corrected chi connectivity index (χ4v) is 3.24. The summed E-state index contributed by atoms with van der Waals surface area (Å²) in [4.78, 5) is 0. The highest BCUT2D eigenvalue weighted by atomic mass is 28.3. The normalized spacial score (nSPS) is 13.2. The molecule has 0 amide bonds. The van der Waals surface area contributed by atoms with Crippen molar-refractivity contribution in [3.63, 3.8) is 0 Å². The smallest absolute Gasteiger partial charge is 0.416 e. The number of ether oxygens (including phenoxy) is 1. The minimum atomic E-state index is -4.54. The van der Waals surface area contributed by atoms with Crippen molar-refractivity contribution in [2.24, 2.45) is 0 Å². The van der Waals surface area contributed by atoms with Gasteiger partial charge in [-0.1, -0.05) is 26.8 Å². The summed E-state index contributed by atoms with van der Waals surface area (Å²) in [5, 5.41) is 3.90. The van der Waals surface area contributed by atoms with E-state index in [9.17, 15) is 13.2 Å². The third-order valence-corrected chi connectivity index (χ3v) is 4.72. The lowest BCUT2D eigenvalue weighted by atomic mass is 9.85. The lowest BCUT2D eigenvalue weighted by Crippen LogP contribution is -2.16. The van der Waals surface area contributed by atoms with Crippen molar-refractivity contribution in [3.8, 4) is 0 Å². The van der Waals surface area contributed by atoms with Crippen molar-refractivity contribution in [2.75, 3.05) is 7.11 Å². The number of methoxy groups -OCH3 is 1. The molecule has 0 saturated carbocycles. The monoisotopic (exact) mass is 374 g/mol. The predicted molar refractivity (Wildman–Crippen MR) is 93.3 cm³/mol. The zero-order chi connectivity index (χ0) is 19.0. The van der Waals surface area contributed by atoms with E-state index in [4.69, 9.17) is 9.16 Å². The number of halogens is 3. The van der Waals surface area contributed by atoms with Crippen LogP contribution in [0.1, 0.15) is 43.3 Å². The van der Waals surface area contributed by atoms with E-state index < -0.39 is 20.9 Å². The molecule has 0 atom stereocenters.